The largest absolute Gasteiger partial charge is 0.477 e. The van der Waals surface area contributed by atoms with E-state index in [4.69, 9.17) is 4.74 Å². The molecule has 3 rings (SSSR count). The highest BCUT2D eigenvalue weighted by Gasteiger charge is 2.66. The lowest BCUT2D eigenvalue weighted by atomic mass is 9.98. The molecule has 2 aliphatic heterocycles. The Hall–Kier alpha value is -2.18. The van der Waals surface area contributed by atoms with Crippen LogP contribution in [0, 0.1) is 0 Å². The molecule has 176 valence electrons. The maximum atomic E-state index is 12.8. The molecule has 1 aromatic heterocycles. The Bertz CT molecular complexity index is 1020. The van der Waals surface area contributed by atoms with Crippen molar-refractivity contribution in [1.82, 2.24) is 30.4 Å². The van der Waals surface area contributed by atoms with Crippen molar-refractivity contribution >= 4 is 52.1 Å². The molecule has 0 radical (unpaired) electrons. The van der Waals surface area contributed by atoms with Gasteiger partial charge < -0.3 is 15.2 Å². The van der Waals surface area contributed by atoms with Crippen molar-refractivity contribution in [2.75, 3.05) is 24.4 Å². The van der Waals surface area contributed by atoms with Crippen molar-refractivity contribution in [1.29, 1.82) is 0 Å². The van der Waals surface area contributed by atoms with E-state index in [0.717, 1.165) is 35.5 Å². The average molecular weight is 517 g/mol. The van der Waals surface area contributed by atoms with E-state index in [-0.39, 0.29) is 17.2 Å². The van der Waals surface area contributed by atoms with E-state index < -0.39 is 50.9 Å². The van der Waals surface area contributed by atoms with Gasteiger partial charge in [-0.15, -0.1) is 16.9 Å². The summed E-state index contributed by atoms with van der Waals surface area (Å²) < 4.78 is 55.1. The van der Waals surface area contributed by atoms with E-state index in [1.807, 2.05) is 0 Å². The first-order valence-electron chi connectivity index (χ1n) is 8.49. The number of amides is 2. The summed E-state index contributed by atoms with van der Waals surface area (Å²) in [5.41, 5.74) is -7.11. The van der Waals surface area contributed by atoms with Gasteiger partial charge in [0.2, 0.25) is 11.1 Å². The van der Waals surface area contributed by atoms with Crippen molar-refractivity contribution in [2.24, 2.45) is 7.05 Å². The van der Waals surface area contributed by atoms with E-state index in [9.17, 15) is 36.9 Å². The van der Waals surface area contributed by atoms with Gasteiger partial charge in [-0.05, 0) is 16.0 Å². The Balaban J connectivity index is 1.79. The van der Waals surface area contributed by atoms with Crippen LogP contribution in [0.5, 0.6) is 0 Å². The Labute approximate surface area is 188 Å². The molecule has 0 spiro atoms. The van der Waals surface area contributed by atoms with Crippen molar-refractivity contribution in [3.8, 4) is 0 Å². The number of aromatic nitrogens is 4. The van der Waals surface area contributed by atoms with Crippen LogP contribution in [-0.2, 0) is 37.0 Å². The molecular formula is C14H15F3N6O6S3. The van der Waals surface area contributed by atoms with Crippen LogP contribution in [0.3, 0.4) is 0 Å². The number of carbonyl (C=O) groups is 3. The van der Waals surface area contributed by atoms with E-state index in [1.54, 1.807) is 7.05 Å². The third-order valence-electron chi connectivity index (χ3n) is 4.44. The van der Waals surface area contributed by atoms with Crippen LogP contribution in [0.2, 0.25) is 0 Å². The van der Waals surface area contributed by atoms with Gasteiger partial charge in [-0.1, -0.05) is 11.8 Å². The third-order valence-corrected chi connectivity index (χ3v) is 7.95. The number of β-lactam (4-membered cyclic amide) rings is 1. The molecular weight excluding hydrogens is 501 g/mol. The number of carbonyl (C=O) groups excluding carboxylic acids is 2. The minimum Gasteiger partial charge on any atom is -0.477 e. The van der Waals surface area contributed by atoms with E-state index in [1.165, 1.54) is 4.68 Å². The van der Waals surface area contributed by atoms with Gasteiger partial charge in [-0.25, -0.2) is 13.7 Å². The zero-order valence-corrected chi connectivity index (χ0v) is 18.7. The Morgan fingerprint density at radius 1 is 1.47 bits per heavy atom. The number of nitrogens with zero attached hydrogens (tertiary/aromatic N) is 5. The van der Waals surface area contributed by atoms with Crippen molar-refractivity contribution in [3.63, 3.8) is 0 Å². The monoisotopic (exact) mass is 516 g/mol. The summed E-state index contributed by atoms with van der Waals surface area (Å²) in [6.07, 6.45) is 0. The number of methoxy groups -OCH3 is 1. The topological polar surface area (TPSA) is 157 Å². The summed E-state index contributed by atoms with van der Waals surface area (Å²) in [6.45, 7) is 0. The van der Waals surface area contributed by atoms with Crippen LogP contribution < -0.4 is 5.32 Å². The molecule has 2 aliphatic rings. The lowest BCUT2D eigenvalue weighted by Crippen LogP contribution is -2.81. The molecule has 32 heavy (non-hydrogen) atoms. The quantitative estimate of drug-likeness (QED) is 0.255. The second kappa shape index (κ2) is 8.99. The van der Waals surface area contributed by atoms with Gasteiger partial charge in [0.05, 0.1) is 0 Å². The maximum Gasteiger partial charge on any atom is 0.471 e. The van der Waals surface area contributed by atoms with E-state index >= 15 is 0 Å². The number of fused-ring (bicyclic) bond motifs is 1. The van der Waals surface area contributed by atoms with Crippen LogP contribution in [0.1, 0.15) is 0 Å². The zero-order valence-electron chi connectivity index (χ0n) is 16.3. The highest BCUT2D eigenvalue weighted by Crippen LogP contribution is 2.47. The van der Waals surface area contributed by atoms with Gasteiger partial charge in [-0.3, -0.25) is 14.5 Å². The number of tetrazole rings is 1. The van der Waals surface area contributed by atoms with Gasteiger partial charge in [0.1, 0.15) is 27.6 Å². The molecule has 12 nitrogen and oxygen atoms in total. The van der Waals surface area contributed by atoms with Gasteiger partial charge in [-0.2, -0.15) is 13.2 Å². The first-order chi connectivity index (χ1) is 14.9. The number of rotatable bonds is 8. The van der Waals surface area contributed by atoms with E-state index in [0.29, 0.717) is 10.7 Å². The predicted octanol–water partition coefficient (Wildman–Crippen LogP) is -0.717. The Kier molecular flexibility index (Phi) is 6.87. The van der Waals surface area contributed by atoms with Gasteiger partial charge in [0, 0.05) is 25.7 Å². The Morgan fingerprint density at radius 3 is 2.69 bits per heavy atom. The number of hydrogen-bond acceptors (Lipinski definition) is 10. The van der Waals surface area contributed by atoms with Crippen molar-refractivity contribution in [2.45, 2.75) is 21.8 Å². The second-order valence-corrected chi connectivity index (χ2v) is 9.85. The minimum absolute atomic E-state index is 0.129. The van der Waals surface area contributed by atoms with Crippen molar-refractivity contribution < 1.29 is 41.6 Å². The molecule has 1 fully saturated rings. The normalized spacial score (nSPS) is 24.1. The molecule has 3 heterocycles. The molecule has 0 saturated carbocycles. The number of carboxylic acid groups (broad SMARTS) is 1. The second-order valence-electron chi connectivity index (χ2n) is 6.39. The number of alkyl halides is 3. The van der Waals surface area contributed by atoms with Gasteiger partial charge in [0.25, 0.3) is 11.6 Å². The molecule has 0 aromatic carbocycles. The number of ether oxygens (including phenoxy) is 1. The number of halogens is 3. The average Bonchev–Trinajstić information content (AvgIpc) is 3.13. The Morgan fingerprint density at radius 2 is 2.16 bits per heavy atom. The number of hydrogen-bond donors (Lipinski definition) is 2. The molecule has 1 aromatic rings. The minimum atomic E-state index is -5.10. The fourth-order valence-electron chi connectivity index (χ4n) is 2.99. The van der Waals surface area contributed by atoms with Crippen molar-refractivity contribution in [3.05, 3.63) is 11.3 Å². The van der Waals surface area contributed by atoms with E-state index in [2.05, 4.69) is 20.8 Å². The van der Waals surface area contributed by atoms with Gasteiger partial charge >= 0.3 is 11.5 Å². The molecule has 0 aliphatic carbocycles. The summed E-state index contributed by atoms with van der Waals surface area (Å²) in [7, 11) is -0.819. The molecule has 1 unspecified atom stereocenters. The zero-order chi connectivity index (χ0) is 23.8. The number of thioether (sulfide) groups is 2. The molecule has 0 bridgehead atoms. The molecule has 1 saturated heterocycles. The highest BCUT2D eigenvalue weighted by atomic mass is 32.2. The molecule has 2 N–H and O–H groups in total. The fourth-order valence-corrected chi connectivity index (χ4v) is 5.90. The molecule has 2 amide bonds. The highest BCUT2D eigenvalue weighted by molar-refractivity contribution is 8.01. The first-order valence-corrected chi connectivity index (χ1v) is 11.8. The van der Waals surface area contributed by atoms with Crippen LogP contribution in [-0.4, -0.2) is 93.2 Å². The number of carboxylic acids is 1. The number of aryl methyl sites for hydroxylation is 1. The summed E-state index contributed by atoms with van der Waals surface area (Å²) in [4.78, 5) is 37.7. The first kappa shape index (κ1) is 24.5. The van der Waals surface area contributed by atoms with Crippen LogP contribution >= 0.6 is 23.5 Å². The van der Waals surface area contributed by atoms with Crippen LogP contribution in [0.25, 0.3) is 0 Å². The molecule has 3 atom stereocenters. The fraction of sp³-hybridized carbons (Fsp3) is 0.571. The lowest BCUT2D eigenvalue weighted by molar-refractivity contribution is -0.192. The third kappa shape index (κ3) is 4.35. The maximum absolute atomic E-state index is 12.8. The summed E-state index contributed by atoms with van der Waals surface area (Å²) in [5, 5.41) is 22.0. The molecule has 18 heteroatoms. The summed E-state index contributed by atoms with van der Waals surface area (Å²) in [5.74, 6) is -4.84. The predicted molar refractivity (Wildman–Crippen MR) is 104 cm³/mol. The lowest BCUT2D eigenvalue weighted by Gasteiger charge is -2.55. The smallest absolute Gasteiger partial charge is 0.471 e. The summed E-state index contributed by atoms with van der Waals surface area (Å²) >= 11 is 2.21. The number of aliphatic carboxylic acids is 1. The SMILES string of the molecule is CO[C@@]1(NC(=O)CS(=O)C(F)(F)F)C(=O)N2C(C(=O)O)=C(CSc3nnnn3C)CS[C@@H]21. The van der Waals surface area contributed by atoms with Gasteiger partial charge in [0.15, 0.2) is 0 Å². The number of nitrogens with one attached hydrogen (secondary N) is 1. The standard InChI is InChI=1S/C14H15F3N6O6S3/c1-22-12(19-20-21-22)31-4-6-3-30-11-13(29-2,10(27)23(11)8(6)9(25)26)18-7(24)5-32(28)14(15,16)17/h11H,3-5H2,1-2H3,(H,18,24)(H,25,26)/t11-,13+,32?/m1/s1. The van der Waals surface area contributed by atoms with Crippen LogP contribution in [0.4, 0.5) is 13.2 Å². The summed E-state index contributed by atoms with van der Waals surface area (Å²) in [6, 6.07) is 0. The van der Waals surface area contributed by atoms with Crippen LogP contribution in [0.15, 0.2) is 16.4 Å².